The zero-order valence-corrected chi connectivity index (χ0v) is 21.7. The Balaban J connectivity index is 1.47. The standard InChI is InChI=1S/C27H18F4N4O2S2/c1-32-39(37)17-5-2-14(3-6-17)15-10-18-19(13-34-27(18)33-12-15)26(36)24-21(30)8-9-22(25(24)31)35-38-23-11-16(28)4-7-20(23)29/h2-13,32,35H,1H3,(H,33,34). The molecule has 1 atom stereocenters. The zero-order chi connectivity index (χ0) is 27.7. The molecule has 6 nitrogen and oxygen atoms in total. The molecule has 0 saturated heterocycles. The van der Waals surface area contributed by atoms with Crippen LogP contribution in [0.25, 0.3) is 22.2 Å². The van der Waals surface area contributed by atoms with Gasteiger partial charge >= 0.3 is 0 Å². The third-order valence-corrected chi connectivity index (χ3v) is 7.77. The van der Waals surface area contributed by atoms with E-state index in [1.165, 1.54) is 6.20 Å². The Labute approximate surface area is 227 Å². The number of carbonyl (C=O) groups excluding carboxylic acids is 1. The average molecular weight is 571 g/mol. The van der Waals surface area contributed by atoms with Crippen LogP contribution in [0, 0.1) is 23.3 Å². The Morgan fingerprint density at radius 2 is 1.72 bits per heavy atom. The largest absolute Gasteiger partial charge is 0.593 e. The highest BCUT2D eigenvalue weighted by molar-refractivity contribution is 8.00. The van der Waals surface area contributed by atoms with E-state index in [0.29, 0.717) is 33.4 Å². The molecule has 0 amide bonds. The molecule has 2 heterocycles. The molecule has 0 fully saturated rings. The minimum atomic E-state index is -1.35. The molecular formula is C27H18F4N4O2S2. The lowest BCUT2D eigenvalue weighted by Crippen LogP contribution is -2.18. The monoisotopic (exact) mass is 570 g/mol. The van der Waals surface area contributed by atoms with Crippen LogP contribution < -0.4 is 9.44 Å². The summed E-state index contributed by atoms with van der Waals surface area (Å²) in [7, 11) is 1.58. The summed E-state index contributed by atoms with van der Waals surface area (Å²) in [4.78, 5) is 21.0. The second-order valence-corrected chi connectivity index (χ2v) is 10.5. The number of nitrogens with one attached hydrogen (secondary N) is 3. The highest BCUT2D eigenvalue weighted by atomic mass is 32.2. The summed E-state index contributed by atoms with van der Waals surface area (Å²) in [6.45, 7) is 0. The number of anilines is 1. The first-order chi connectivity index (χ1) is 18.8. The van der Waals surface area contributed by atoms with Gasteiger partial charge in [0.05, 0.1) is 27.5 Å². The van der Waals surface area contributed by atoms with Crippen molar-refractivity contribution in [2.45, 2.75) is 9.79 Å². The van der Waals surface area contributed by atoms with Crippen molar-refractivity contribution in [2.75, 3.05) is 11.8 Å². The number of rotatable bonds is 8. The Morgan fingerprint density at radius 3 is 2.46 bits per heavy atom. The van der Waals surface area contributed by atoms with E-state index in [4.69, 9.17) is 0 Å². The molecule has 2 aromatic heterocycles. The fourth-order valence-corrected chi connectivity index (χ4v) is 5.21. The van der Waals surface area contributed by atoms with E-state index in [0.717, 1.165) is 35.9 Å². The molecule has 0 aliphatic rings. The van der Waals surface area contributed by atoms with Gasteiger partial charge in [0, 0.05) is 36.0 Å². The van der Waals surface area contributed by atoms with Crippen molar-refractivity contribution in [3.63, 3.8) is 0 Å². The molecule has 5 aromatic rings. The molecule has 39 heavy (non-hydrogen) atoms. The van der Waals surface area contributed by atoms with Crippen LogP contribution in [0.3, 0.4) is 0 Å². The number of ketones is 1. The van der Waals surface area contributed by atoms with Gasteiger partial charge in [-0.05, 0) is 78.2 Å². The number of hydrogen-bond donors (Lipinski definition) is 3. The molecule has 3 N–H and O–H groups in total. The van der Waals surface area contributed by atoms with E-state index < -0.39 is 46.0 Å². The van der Waals surface area contributed by atoms with Crippen LogP contribution in [0.5, 0.6) is 0 Å². The smallest absolute Gasteiger partial charge is 0.201 e. The van der Waals surface area contributed by atoms with Crippen molar-refractivity contribution < 1.29 is 26.9 Å². The second kappa shape index (κ2) is 11.1. The van der Waals surface area contributed by atoms with E-state index in [1.807, 2.05) is 0 Å². The molecule has 1 unspecified atom stereocenters. The second-order valence-electron chi connectivity index (χ2n) is 8.21. The van der Waals surface area contributed by atoms with Crippen molar-refractivity contribution in [1.82, 2.24) is 14.7 Å². The Kier molecular flexibility index (Phi) is 7.62. The molecule has 0 aliphatic carbocycles. The molecule has 0 spiro atoms. The zero-order valence-electron chi connectivity index (χ0n) is 20.0. The topological polar surface area (TPSA) is 92.9 Å². The van der Waals surface area contributed by atoms with Crippen molar-refractivity contribution >= 4 is 45.8 Å². The van der Waals surface area contributed by atoms with Crippen molar-refractivity contribution in [1.29, 1.82) is 0 Å². The maximum absolute atomic E-state index is 15.4. The van der Waals surface area contributed by atoms with Gasteiger partial charge in [0.2, 0.25) is 5.78 Å². The van der Waals surface area contributed by atoms with E-state index in [1.54, 1.807) is 43.6 Å². The SMILES string of the molecule is CN[S+]([O-])c1ccc(-c2cnc3[nH]cc(C(=O)c4c(F)ccc(NSc5cc(F)ccc5F)c4F)c3c2)cc1. The van der Waals surface area contributed by atoms with Crippen LogP contribution in [-0.4, -0.2) is 27.4 Å². The van der Waals surface area contributed by atoms with Crippen LogP contribution in [-0.2, 0) is 11.4 Å². The van der Waals surface area contributed by atoms with Crippen LogP contribution in [0.4, 0.5) is 23.2 Å². The lowest BCUT2D eigenvalue weighted by atomic mass is 10.00. The normalized spacial score (nSPS) is 12.1. The summed E-state index contributed by atoms with van der Waals surface area (Å²) >= 11 is -0.771. The van der Waals surface area contributed by atoms with E-state index in [-0.39, 0.29) is 16.1 Å². The predicted octanol–water partition coefficient (Wildman–Crippen LogP) is 6.38. The number of halogens is 4. The maximum Gasteiger partial charge on any atom is 0.201 e. The van der Waals surface area contributed by atoms with Crippen LogP contribution in [0.2, 0.25) is 0 Å². The minimum absolute atomic E-state index is 0.00830. The van der Waals surface area contributed by atoms with Gasteiger partial charge in [0.1, 0.15) is 23.1 Å². The molecule has 0 aliphatic heterocycles. The van der Waals surface area contributed by atoms with Gasteiger partial charge < -0.3 is 14.3 Å². The maximum atomic E-state index is 15.4. The number of carbonyl (C=O) groups is 1. The fraction of sp³-hybridized carbons (Fsp3) is 0.0370. The number of fused-ring (bicyclic) bond motifs is 1. The van der Waals surface area contributed by atoms with E-state index in [9.17, 15) is 22.5 Å². The Morgan fingerprint density at radius 1 is 0.974 bits per heavy atom. The third kappa shape index (κ3) is 5.36. The summed E-state index contributed by atoms with van der Waals surface area (Å²) < 4.78 is 74.6. The third-order valence-electron chi connectivity index (χ3n) is 5.85. The van der Waals surface area contributed by atoms with Gasteiger partial charge in [-0.1, -0.05) is 0 Å². The Hall–Kier alpha value is -3.84. The van der Waals surface area contributed by atoms with Gasteiger partial charge in [0.15, 0.2) is 10.7 Å². The van der Waals surface area contributed by atoms with Gasteiger partial charge in [0.25, 0.3) is 0 Å². The molecular weight excluding hydrogens is 552 g/mol. The summed E-state index contributed by atoms with van der Waals surface area (Å²) in [5.74, 6) is -4.62. The van der Waals surface area contributed by atoms with Gasteiger partial charge in [-0.2, -0.15) is 0 Å². The fourth-order valence-electron chi connectivity index (χ4n) is 3.88. The molecule has 198 valence electrons. The first kappa shape index (κ1) is 26.8. The molecule has 5 rings (SSSR count). The Bertz CT molecular complexity index is 1700. The molecule has 0 radical (unpaired) electrons. The number of nitrogens with zero attached hydrogens (tertiary/aromatic N) is 1. The average Bonchev–Trinajstić information content (AvgIpc) is 3.37. The van der Waals surface area contributed by atoms with E-state index in [2.05, 4.69) is 19.4 Å². The van der Waals surface area contributed by atoms with Crippen molar-refractivity contribution in [3.05, 3.63) is 107 Å². The number of pyridine rings is 1. The van der Waals surface area contributed by atoms with Crippen LogP contribution in [0.1, 0.15) is 15.9 Å². The predicted molar refractivity (Wildman–Crippen MR) is 143 cm³/mol. The highest BCUT2D eigenvalue weighted by Gasteiger charge is 2.25. The highest BCUT2D eigenvalue weighted by Crippen LogP contribution is 2.32. The van der Waals surface area contributed by atoms with Crippen molar-refractivity contribution in [3.8, 4) is 11.1 Å². The van der Waals surface area contributed by atoms with Gasteiger partial charge in [-0.25, -0.2) is 22.5 Å². The minimum Gasteiger partial charge on any atom is -0.593 e. The molecule has 3 aromatic carbocycles. The molecule has 12 heteroatoms. The molecule has 0 saturated carbocycles. The lowest BCUT2D eigenvalue weighted by molar-refractivity contribution is 0.103. The van der Waals surface area contributed by atoms with Crippen LogP contribution in [0.15, 0.2) is 82.8 Å². The summed E-state index contributed by atoms with van der Waals surface area (Å²) in [5, 5.41) is 0.341. The summed E-state index contributed by atoms with van der Waals surface area (Å²) in [6.07, 6.45) is 2.89. The number of aromatic nitrogens is 2. The first-order valence-corrected chi connectivity index (χ1v) is 13.3. The quantitative estimate of drug-likeness (QED) is 0.0868. The molecule has 0 bridgehead atoms. The van der Waals surface area contributed by atoms with E-state index >= 15 is 4.39 Å². The number of H-pyrrole nitrogens is 1. The number of aromatic amines is 1. The van der Waals surface area contributed by atoms with Gasteiger partial charge in [-0.15, -0.1) is 4.72 Å². The number of benzene rings is 3. The summed E-state index contributed by atoms with van der Waals surface area (Å²) in [6, 6.07) is 13.3. The van der Waals surface area contributed by atoms with Gasteiger partial charge in [-0.3, -0.25) is 4.79 Å². The van der Waals surface area contributed by atoms with Crippen molar-refractivity contribution in [2.24, 2.45) is 0 Å². The lowest BCUT2D eigenvalue weighted by Gasteiger charge is -2.11. The first-order valence-electron chi connectivity index (χ1n) is 11.3. The van der Waals surface area contributed by atoms with Crippen LogP contribution >= 0.6 is 11.9 Å². The number of hydrogen-bond acceptors (Lipinski definition) is 6. The summed E-state index contributed by atoms with van der Waals surface area (Å²) in [5.41, 5.74) is 0.582.